The molecule has 0 aromatic heterocycles. The summed E-state index contributed by atoms with van der Waals surface area (Å²) in [5, 5.41) is 8.91. The van der Waals surface area contributed by atoms with Crippen molar-refractivity contribution in [3.63, 3.8) is 0 Å². The minimum Gasteiger partial charge on any atom is -0.310 e. The summed E-state index contributed by atoms with van der Waals surface area (Å²) in [7, 11) is 0. The molecule has 0 radical (unpaired) electrons. The molecule has 10 aromatic rings. The molecule has 0 amide bonds. The van der Waals surface area contributed by atoms with E-state index in [1.165, 1.54) is 0 Å². The summed E-state index contributed by atoms with van der Waals surface area (Å²) >= 11 is 0. The maximum atomic E-state index is 9.61. The van der Waals surface area contributed by atoms with Crippen molar-refractivity contribution < 1.29 is 5.48 Å². The van der Waals surface area contributed by atoms with E-state index in [2.05, 4.69) is 109 Å². The van der Waals surface area contributed by atoms with Gasteiger partial charge in [0.1, 0.15) is 0 Å². The predicted molar refractivity (Wildman–Crippen MR) is 227 cm³/mol. The van der Waals surface area contributed by atoms with Crippen molar-refractivity contribution in [1.82, 2.24) is 0 Å². The fourth-order valence-corrected chi connectivity index (χ4v) is 7.52. The normalized spacial score (nSPS) is 12.5. The highest BCUT2D eigenvalue weighted by Gasteiger charge is 2.16. The van der Waals surface area contributed by atoms with Crippen LogP contribution in [0.15, 0.2) is 212 Å². The number of hydrogen-bond acceptors (Lipinski definition) is 1. The molecule has 0 bridgehead atoms. The minimum absolute atomic E-state index is 0.0903. The van der Waals surface area contributed by atoms with Crippen LogP contribution in [0, 0.1) is 0 Å². The summed E-state index contributed by atoms with van der Waals surface area (Å²) < 4.78 is 38.1. The van der Waals surface area contributed by atoms with Gasteiger partial charge in [-0.25, -0.2) is 0 Å². The van der Waals surface area contributed by atoms with E-state index < -0.39 is 0 Å². The molecule has 0 heterocycles. The smallest absolute Gasteiger partial charge is 0.0645 e. The Labute approximate surface area is 315 Å². The van der Waals surface area contributed by atoms with Gasteiger partial charge in [0.25, 0.3) is 0 Å². The van der Waals surface area contributed by atoms with E-state index >= 15 is 0 Å². The SMILES string of the molecule is [2H]c1c([2H])c(N(c2cccc(-c3ccc4ccccc4c3)c2)c2cccc(-c3ccc4ccccc4c3)c2)c([2H])c([2H])c1-c1ccc2c(ccc3ccccc32)c1. The Kier molecular flexibility index (Phi) is 6.56. The molecule has 0 atom stereocenters. The van der Waals surface area contributed by atoms with Crippen LogP contribution in [0.5, 0.6) is 0 Å². The molecule has 1 heteroatoms. The Morgan fingerprint density at radius 2 is 0.698 bits per heavy atom. The van der Waals surface area contributed by atoms with Crippen molar-refractivity contribution >= 4 is 60.2 Å². The number of benzene rings is 10. The van der Waals surface area contributed by atoms with E-state index in [9.17, 15) is 5.48 Å². The third kappa shape index (κ3) is 5.79. The third-order valence-corrected chi connectivity index (χ3v) is 10.2. The third-order valence-electron chi connectivity index (χ3n) is 10.2. The van der Waals surface area contributed by atoms with Crippen LogP contribution in [0.25, 0.3) is 76.5 Å². The van der Waals surface area contributed by atoms with Crippen LogP contribution in [0.3, 0.4) is 0 Å². The first-order valence-electron chi connectivity index (χ1n) is 19.9. The van der Waals surface area contributed by atoms with Crippen LogP contribution in [0.2, 0.25) is 0 Å². The van der Waals surface area contributed by atoms with Gasteiger partial charge in [-0.05, 0) is 131 Å². The largest absolute Gasteiger partial charge is 0.310 e. The number of anilines is 3. The lowest BCUT2D eigenvalue weighted by Crippen LogP contribution is -2.10. The van der Waals surface area contributed by atoms with Gasteiger partial charge in [-0.15, -0.1) is 0 Å². The maximum Gasteiger partial charge on any atom is 0.0645 e. The minimum atomic E-state index is -0.114. The van der Waals surface area contributed by atoms with Crippen LogP contribution in [0.1, 0.15) is 5.48 Å². The molecule has 0 N–H and O–H groups in total. The fraction of sp³-hybridized carbons (Fsp3) is 0. The molecule has 0 unspecified atom stereocenters. The molecule has 0 saturated carbocycles. The van der Waals surface area contributed by atoms with Gasteiger partial charge in [0, 0.05) is 17.1 Å². The van der Waals surface area contributed by atoms with Gasteiger partial charge < -0.3 is 4.90 Å². The van der Waals surface area contributed by atoms with Crippen molar-refractivity contribution in [3.8, 4) is 33.4 Å². The van der Waals surface area contributed by atoms with Crippen molar-refractivity contribution in [2.45, 2.75) is 0 Å². The summed E-state index contributed by atoms with van der Waals surface area (Å²) in [6, 6.07) is 63.5. The van der Waals surface area contributed by atoms with Crippen LogP contribution in [-0.4, -0.2) is 0 Å². The Bertz CT molecular complexity index is 3050. The predicted octanol–water partition coefficient (Wildman–Crippen LogP) is 14.8. The Balaban J connectivity index is 1.15. The van der Waals surface area contributed by atoms with Gasteiger partial charge in [0.05, 0.1) is 5.48 Å². The highest BCUT2D eigenvalue weighted by Crippen LogP contribution is 2.40. The zero-order valence-electron chi connectivity index (χ0n) is 32.8. The quantitative estimate of drug-likeness (QED) is 0.158. The fourth-order valence-electron chi connectivity index (χ4n) is 7.52. The molecule has 248 valence electrons. The average Bonchev–Trinajstić information content (AvgIpc) is 3.27. The lowest BCUT2D eigenvalue weighted by atomic mass is 9.97. The summed E-state index contributed by atoms with van der Waals surface area (Å²) in [6.07, 6.45) is 0. The molecular formula is C52H35N. The second-order valence-electron chi connectivity index (χ2n) is 13.5. The summed E-state index contributed by atoms with van der Waals surface area (Å²) in [5.41, 5.74) is 6.59. The molecule has 0 spiro atoms. The molecule has 10 aromatic carbocycles. The van der Waals surface area contributed by atoms with Crippen molar-refractivity contribution in [3.05, 3.63) is 212 Å². The first-order chi connectivity index (χ1) is 27.9. The van der Waals surface area contributed by atoms with E-state index in [-0.39, 0.29) is 35.4 Å². The van der Waals surface area contributed by atoms with Gasteiger partial charge >= 0.3 is 0 Å². The van der Waals surface area contributed by atoms with Gasteiger partial charge in [0.15, 0.2) is 0 Å². The zero-order valence-corrected chi connectivity index (χ0v) is 28.8. The van der Waals surface area contributed by atoms with E-state index in [0.717, 1.165) is 76.7 Å². The van der Waals surface area contributed by atoms with E-state index in [0.29, 0.717) is 5.56 Å². The highest BCUT2D eigenvalue weighted by atomic mass is 15.1. The molecule has 0 aliphatic rings. The first-order valence-corrected chi connectivity index (χ1v) is 17.9. The topological polar surface area (TPSA) is 3.24 Å². The van der Waals surface area contributed by atoms with Gasteiger partial charge in [-0.3, -0.25) is 0 Å². The number of nitrogens with zero attached hydrogens (tertiary/aromatic N) is 1. The average molecular weight is 678 g/mol. The molecule has 0 aliphatic carbocycles. The second-order valence-corrected chi connectivity index (χ2v) is 13.5. The van der Waals surface area contributed by atoms with Crippen LogP contribution >= 0.6 is 0 Å². The van der Waals surface area contributed by atoms with Crippen LogP contribution < -0.4 is 4.90 Å². The van der Waals surface area contributed by atoms with E-state index in [1.807, 2.05) is 83.8 Å². The van der Waals surface area contributed by atoms with Crippen molar-refractivity contribution in [2.75, 3.05) is 4.90 Å². The van der Waals surface area contributed by atoms with Crippen molar-refractivity contribution in [2.24, 2.45) is 0 Å². The van der Waals surface area contributed by atoms with Crippen LogP contribution in [0.4, 0.5) is 17.1 Å². The number of hydrogen-bond donors (Lipinski definition) is 0. The van der Waals surface area contributed by atoms with E-state index in [4.69, 9.17) is 0 Å². The second kappa shape index (κ2) is 13.0. The van der Waals surface area contributed by atoms with Gasteiger partial charge in [-0.2, -0.15) is 0 Å². The molecule has 0 saturated heterocycles. The Morgan fingerprint density at radius 3 is 1.32 bits per heavy atom. The highest BCUT2D eigenvalue weighted by molar-refractivity contribution is 6.08. The summed E-state index contributed by atoms with van der Waals surface area (Å²) in [5.74, 6) is 0. The Hall–Kier alpha value is -6.96. The lowest BCUT2D eigenvalue weighted by Gasteiger charge is -2.27. The molecule has 10 rings (SSSR count). The standard InChI is InChI=1S/C52H35N/c1-3-12-40-31-45(22-19-36(40)9-1)42-14-7-16-49(34-42)53(50-17-8-15-43(35-50)46-23-20-37-10-2-4-13-41(37)32-46)48-28-25-38(26-29-48)44-27-30-52-47(33-44)24-21-39-11-5-6-18-51(39)52/h1-35H/i25D,26D,28D,29D. The summed E-state index contributed by atoms with van der Waals surface area (Å²) in [4.78, 5) is 1.88. The van der Waals surface area contributed by atoms with Crippen molar-refractivity contribution in [1.29, 1.82) is 0 Å². The number of fused-ring (bicyclic) bond motifs is 5. The van der Waals surface area contributed by atoms with Gasteiger partial charge in [-0.1, -0.05) is 158 Å². The lowest BCUT2D eigenvalue weighted by molar-refractivity contribution is 1.28. The molecule has 1 nitrogen and oxygen atoms in total. The molecule has 0 fully saturated rings. The Morgan fingerprint density at radius 1 is 0.264 bits per heavy atom. The maximum absolute atomic E-state index is 9.61. The first kappa shape index (κ1) is 26.8. The monoisotopic (exact) mass is 677 g/mol. The molecule has 53 heavy (non-hydrogen) atoms. The van der Waals surface area contributed by atoms with E-state index in [1.54, 1.807) is 0 Å². The zero-order chi connectivity index (χ0) is 38.6. The van der Waals surface area contributed by atoms with Crippen LogP contribution in [-0.2, 0) is 0 Å². The molecule has 0 aliphatic heterocycles. The summed E-state index contributed by atoms with van der Waals surface area (Å²) in [6.45, 7) is 0. The molecular weight excluding hydrogens is 639 g/mol. The van der Waals surface area contributed by atoms with Gasteiger partial charge in [0.2, 0.25) is 0 Å². The number of rotatable bonds is 6.